The summed E-state index contributed by atoms with van der Waals surface area (Å²) in [5, 5.41) is 12.4. The van der Waals surface area contributed by atoms with E-state index in [4.69, 9.17) is 5.10 Å². The molecule has 1 aliphatic carbocycles. The number of nitrogens with one attached hydrogen (secondary N) is 1. The van der Waals surface area contributed by atoms with E-state index in [-0.39, 0.29) is 5.91 Å². The molecule has 3 aromatic heterocycles. The molecule has 0 atom stereocenters. The molecular formula is C28H33N7O. The third kappa shape index (κ3) is 4.65. The van der Waals surface area contributed by atoms with Crippen molar-refractivity contribution in [3.05, 3.63) is 71.8 Å². The molecule has 36 heavy (non-hydrogen) atoms. The lowest BCUT2D eigenvalue weighted by Crippen LogP contribution is -2.36. The highest BCUT2D eigenvalue weighted by molar-refractivity contribution is 6.07. The predicted molar refractivity (Wildman–Crippen MR) is 140 cm³/mol. The van der Waals surface area contributed by atoms with Crippen molar-refractivity contribution in [2.75, 3.05) is 25.0 Å². The molecule has 2 aliphatic rings. The highest BCUT2D eigenvalue weighted by atomic mass is 16.1. The number of amides is 1. The van der Waals surface area contributed by atoms with Crippen LogP contribution in [0.4, 0.5) is 5.82 Å². The average molecular weight is 484 g/mol. The van der Waals surface area contributed by atoms with E-state index in [0.717, 1.165) is 43.2 Å². The second-order valence-corrected chi connectivity index (χ2v) is 10.3. The van der Waals surface area contributed by atoms with Gasteiger partial charge in [-0.25, -0.2) is 14.2 Å². The molecule has 4 heterocycles. The van der Waals surface area contributed by atoms with Gasteiger partial charge in [0.2, 0.25) is 0 Å². The van der Waals surface area contributed by atoms with E-state index in [9.17, 15) is 4.79 Å². The molecule has 1 aliphatic heterocycles. The Balaban J connectivity index is 1.24. The molecule has 8 nitrogen and oxygen atoms in total. The third-order valence-electron chi connectivity index (χ3n) is 7.77. The molecule has 0 bridgehead atoms. The molecular weight excluding hydrogens is 450 g/mol. The van der Waals surface area contributed by atoms with E-state index < -0.39 is 0 Å². The summed E-state index contributed by atoms with van der Waals surface area (Å²) >= 11 is 0. The first-order valence-corrected chi connectivity index (χ1v) is 13.1. The Bertz CT molecular complexity index is 1340. The quantitative estimate of drug-likeness (QED) is 0.424. The molecule has 0 unspecified atom stereocenters. The van der Waals surface area contributed by atoms with Crippen molar-refractivity contribution in [3.63, 3.8) is 0 Å². The van der Waals surface area contributed by atoms with Crippen molar-refractivity contribution < 1.29 is 4.79 Å². The predicted octanol–water partition coefficient (Wildman–Crippen LogP) is 4.85. The summed E-state index contributed by atoms with van der Waals surface area (Å²) in [6.45, 7) is 5.56. The van der Waals surface area contributed by atoms with Crippen LogP contribution in [0.15, 0.2) is 55.0 Å². The highest BCUT2D eigenvalue weighted by Gasteiger charge is 2.27. The molecule has 8 heteroatoms. The number of hydrogen-bond donors (Lipinski definition) is 1. The summed E-state index contributed by atoms with van der Waals surface area (Å²) in [5.74, 6) is 1.71. The fraction of sp³-hybridized carbons (Fsp3) is 0.429. The Morgan fingerprint density at radius 2 is 1.86 bits per heavy atom. The first-order valence-electron chi connectivity index (χ1n) is 13.1. The van der Waals surface area contributed by atoms with Gasteiger partial charge < -0.3 is 10.2 Å². The topological polar surface area (TPSA) is 80.4 Å². The zero-order valence-corrected chi connectivity index (χ0v) is 20.8. The first kappa shape index (κ1) is 22.9. The summed E-state index contributed by atoms with van der Waals surface area (Å²) < 4.78 is 3.47. The Morgan fingerprint density at radius 1 is 1.08 bits per heavy atom. The Hall–Kier alpha value is -3.52. The maximum atomic E-state index is 13.3. The molecule has 1 amide bonds. The monoisotopic (exact) mass is 483 g/mol. The van der Waals surface area contributed by atoms with E-state index in [1.54, 1.807) is 29.2 Å². The number of anilines is 1. The van der Waals surface area contributed by atoms with Crippen molar-refractivity contribution in [2.24, 2.45) is 5.92 Å². The number of likely N-dealkylation sites (tertiary alicyclic amines) is 1. The van der Waals surface area contributed by atoms with Crippen molar-refractivity contribution in [2.45, 2.75) is 51.4 Å². The van der Waals surface area contributed by atoms with E-state index in [0.29, 0.717) is 22.9 Å². The molecule has 4 aromatic rings. The zero-order valence-electron chi connectivity index (χ0n) is 20.8. The largest absolute Gasteiger partial charge is 0.306 e. The number of nitrogens with zero attached hydrogens (tertiary/aromatic N) is 6. The Morgan fingerprint density at radius 3 is 2.64 bits per heavy atom. The molecule has 1 N–H and O–H groups in total. The first-order chi connectivity index (χ1) is 17.6. The smallest absolute Gasteiger partial charge is 0.262 e. The molecule has 6 rings (SSSR count). The van der Waals surface area contributed by atoms with Gasteiger partial charge in [0, 0.05) is 30.9 Å². The lowest BCUT2D eigenvalue weighted by molar-refractivity contribution is 0.102. The molecule has 186 valence electrons. The van der Waals surface area contributed by atoms with Crippen LogP contribution >= 0.6 is 0 Å². The second-order valence-electron chi connectivity index (χ2n) is 10.3. The summed E-state index contributed by atoms with van der Waals surface area (Å²) in [7, 11) is 0. The number of benzene rings is 1. The molecule has 2 fully saturated rings. The van der Waals surface area contributed by atoms with Gasteiger partial charge in [-0.3, -0.25) is 4.79 Å². The summed E-state index contributed by atoms with van der Waals surface area (Å²) in [5.41, 5.74) is 4.13. The molecule has 0 radical (unpaired) electrons. The second kappa shape index (κ2) is 9.85. The van der Waals surface area contributed by atoms with Crippen LogP contribution in [0.25, 0.3) is 11.3 Å². The van der Waals surface area contributed by atoms with Gasteiger partial charge in [-0.05, 0) is 69.8 Å². The summed E-state index contributed by atoms with van der Waals surface area (Å²) in [6, 6.07) is 12.1. The number of aryl methyl sites for hydroxylation is 1. The fourth-order valence-corrected chi connectivity index (χ4v) is 5.71. The van der Waals surface area contributed by atoms with Crippen LogP contribution in [0, 0.1) is 12.8 Å². The van der Waals surface area contributed by atoms with Crippen molar-refractivity contribution in [3.8, 4) is 5.69 Å². The standard InChI is InChI=1S/C28H33N7O/c1-20-7-9-23(10-8-20)35-26(31-28(36)24-18-30-34-14-4-13-29-27(24)34)17-25(32-35)22-11-15-33(16-12-22)19-21-5-2-3-6-21/h4,7-10,13-14,17-18,21-22H,2-3,5-6,11-12,15-16,19H2,1H3,(H,31,36). The fourth-order valence-electron chi connectivity index (χ4n) is 5.71. The number of carbonyl (C=O) groups is 1. The van der Waals surface area contributed by atoms with Gasteiger partial charge in [-0.2, -0.15) is 10.2 Å². The SMILES string of the molecule is Cc1ccc(-n2nc(C3CCN(CC4CCCC4)CC3)cc2NC(=O)c2cnn3cccnc23)cc1. The number of carbonyl (C=O) groups excluding carboxylic acids is 1. The number of aromatic nitrogens is 5. The minimum absolute atomic E-state index is 0.241. The van der Waals surface area contributed by atoms with Crippen LogP contribution in [0.3, 0.4) is 0 Å². The normalized spacial score (nSPS) is 17.7. The van der Waals surface area contributed by atoms with E-state index >= 15 is 0 Å². The van der Waals surface area contributed by atoms with Gasteiger partial charge in [-0.1, -0.05) is 30.5 Å². The van der Waals surface area contributed by atoms with Crippen molar-refractivity contribution in [1.29, 1.82) is 0 Å². The van der Waals surface area contributed by atoms with Crippen LogP contribution < -0.4 is 5.32 Å². The Labute approximate surface area is 211 Å². The zero-order chi connectivity index (χ0) is 24.5. The van der Waals surface area contributed by atoms with Crippen molar-refractivity contribution >= 4 is 17.4 Å². The number of rotatable bonds is 6. The van der Waals surface area contributed by atoms with Gasteiger partial charge in [0.15, 0.2) is 5.65 Å². The highest BCUT2D eigenvalue weighted by Crippen LogP contribution is 2.32. The van der Waals surface area contributed by atoms with Gasteiger partial charge in [0.1, 0.15) is 11.4 Å². The van der Waals surface area contributed by atoms with Crippen molar-refractivity contribution in [1.82, 2.24) is 29.3 Å². The maximum absolute atomic E-state index is 13.3. The lowest BCUT2D eigenvalue weighted by Gasteiger charge is -2.32. The van der Waals surface area contributed by atoms with Crippen LogP contribution in [0.2, 0.25) is 0 Å². The maximum Gasteiger partial charge on any atom is 0.262 e. The molecule has 1 saturated carbocycles. The van der Waals surface area contributed by atoms with Crippen LogP contribution in [0.1, 0.15) is 66.1 Å². The van der Waals surface area contributed by atoms with Gasteiger partial charge >= 0.3 is 0 Å². The van der Waals surface area contributed by atoms with Gasteiger partial charge in [-0.15, -0.1) is 0 Å². The van der Waals surface area contributed by atoms with E-state index in [1.807, 2.05) is 22.9 Å². The minimum Gasteiger partial charge on any atom is -0.306 e. The minimum atomic E-state index is -0.241. The number of piperidine rings is 1. The van der Waals surface area contributed by atoms with E-state index in [2.05, 4.69) is 39.4 Å². The third-order valence-corrected chi connectivity index (χ3v) is 7.77. The Kier molecular flexibility index (Phi) is 6.27. The molecule has 1 saturated heterocycles. The van der Waals surface area contributed by atoms with Gasteiger partial charge in [0.05, 0.1) is 17.6 Å². The van der Waals surface area contributed by atoms with Gasteiger partial charge in [0.25, 0.3) is 5.91 Å². The van der Waals surface area contributed by atoms with E-state index in [1.165, 1.54) is 37.8 Å². The average Bonchev–Trinajstić information content (AvgIpc) is 3.65. The summed E-state index contributed by atoms with van der Waals surface area (Å²) in [6.07, 6.45) is 12.8. The number of hydrogen-bond acceptors (Lipinski definition) is 5. The van der Waals surface area contributed by atoms with Crippen LogP contribution in [0.5, 0.6) is 0 Å². The lowest BCUT2D eigenvalue weighted by atomic mass is 9.93. The van der Waals surface area contributed by atoms with Crippen LogP contribution in [-0.2, 0) is 0 Å². The number of fused-ring (bicyclic) bond motifs is 1. The van der Waals surface area contributed by atoms with Crippen LogP contribution in [-0.4, -0.2) is 54.8 Å². The molecule has 1 aromatic carbocycles. The summed E-state index contributed by atoms with van der Waals surface area (Å²) in [4.78, 5) is 20.2. The molecule has 0 spiro atoms.